The number of benzene rings is 4. The van der Waals surface area contributed by atoms with E-state index in [4.69, 9.17) is 9.84 Å². The zero-order chi connectivity index (χ0) is 31.8. The number of rotatable bonds is 7. The lowest BCUT2D eigenvalue weighted by molar-refractivity contribution is -0.532. The van der Waals surface area contributed by atoms with Crippen LogP contribution in [0.3, 0.4) is 0 Å². The molecule has 4 aromatic carbocycles. The van der Waals surface area contributed by atoms with Crippen LogP contribution in [0.2, 0.25) is 0 Å². The first-order valence-electron chi connectivity index (χ1n) is 15.4. The van der Waals surface area contributed by atoms with Gasteiger partial charge >= 0.3 is 0 Å². The van der Waals surface area contributed by atoms with Gasteiger partial charge in [-0.1, -0.05) is 66.7 Å². The highest BCUT2D eigenvalue weighted by atomic mass is 16.5. The molecule has 230 valence electrons. The Morgan fingerprint density at radius 1 is 0.889 bits per heavy atom. The van der Waals surface area contributed by atoms with Crippen LogP contribution in [0.1, 0.15) is 31.7 Å². The summed E-state index contributed by atoms with van der Waals surface area (Å²) < 4.78 is 6.32. The van der Waals surface area contributed by atoms with Gasteiger partial charge in [0.2, 0.25) is 0 Å². The monoisotopic (exact) mass is 600 g/mol. The second kappa shape index (κ2) is 14.7. The molecule has 7 N–H and O–H groups in total. The van der Waals surface area contributed by atoms with E-state index >= 15 is 0 Å². The van der Waals surface area contributed by atoms with Crippen LogP contribution >= 0.6 is 0 Å². The lowest BCUT2D eigenvalue weighted by atomic mass is 9.90. The molecule has 2 aliphatic rings. The third-order valence-electron chi connectivity index (χ3n) is 8.22. The molecule has 0 radical (unpaired) electrons. The molecule has 0 bridgehead atoms. The Bertz CT molecular complexity index is 1880. The molecule has 1 heterocycles. The number of fused-ring (bicyclic) bond motifs is 4. The average molecular weight is 601 g/mol. The highest BCUT2D eigenvalue weighted by Gasteiger charge is 2.21. The number of ether oxygens (including phenoxy) is 1. The number of nitrogens with zero attached hydrogens (tertiary/aromatic N) is 1. The minimum Gasteiger partial charge on any atom is -0.438 e. The van der Waals surface area contributed by atoms with Gasteiger partial charge in [-0.2, -0.15) is 0 Å². The summed E-state index contributed by atoms with van der Waals surface area (Å²) in [6.45, 7) is 2.07. The Morgan fingerprint density at radius 3 is 2.36 bits per heavy atom. The number of nitrogens with one attached hydrogen (secondary N) is 1. The second-order valence-electron chi connectivity index (χ2n) is 11.2. The summed E-state index contributed by atoms with van der Waals surface area (Å²) in [6.07, 6.45) is 18.4. The van der Waals surface area contributed by atoms with Crippen molar-refractivity contribution in [2.24, 2.45) is 0 Å². The third kappa shape index (κ3) is 7.10. The van der Waals surface area contributed by atoms with Crippen LogP contribution < -0.4 is 21.1 Å². The number of quaternary nitrogens is 2. The first-order valence-corrected chi connectivity index (χ1v) is 15.4. The zero-order valence-electron chi connectivity index (χ0n) is 26.7. The standard InChI is InChI=1S/C38H38N4O.CH4O/c1-4-30(42(2)3)24-25-40-37-28(16-20-33-31-14-7-5-10-26(31)17-21-34(33)39)12-9-13-29(37)19-23-36-41-35-22-18-27-11-6-8-15-32(27)38(35)43-36;1-2/h4-8,10-11,14-25,40-41H,9,12-13,39H2,1-3H3;2H,1H3/p+2/b20-16+,25-24-,29-19+,30-4+,36-23-;. The molecule has 45 heavy (non-hydrogen) atoms. The first kappa shape index (κ1) is 31.5. The summed E-state index contributed by atoms with van der Waals surface area (Å²) in [4.78, 5) is 2.13. The van der Waals surface area contributed by atoms with E-state index < -0.39 is 0 Å². The van der Waals surface area contributed by atoms with E-state index in [0.29, 0.717) is 0 Å². The Labute approximate surface area is 266 Å². The van der Waals surface area contributed by atoms with Crippen molar-refractivity contribution in [1.82, 2.24) is 4.90 Å². The fourth-order valence-corrected chi connectivity index (χ4v) is 5.94. The number of hydrogen-bond acceptors (Lipinski definition) is 4. The molecule has 4 aromatic rings. The molecule has 0 fully saturated rings. The van der Waals surface area contributed by atoms with Crippen molar-refractivity contribution in [3.8, 4) is 5.75 Å². The van der Waals surface area contributed by atoms with Crippen molar-refractivity contribution < 1.29 is 20.9 Å². The van der Waals surface area contributed by atoms with Gasteiger partial charge in [-0.3, -0.25) is 5.32 Å². The highest BCUT2D eigenvalue weighted by molar-refractivity contribution is 5.95. The van der Waals surface area contributed by atoms with Crippen molar-refractivity contribution in [1.29, 1.82) is 0 Å². The van der Waals surface area contributed by atoms with Gasteiger partial charge in [-0.25, -0.2) is 0 Å². The van der Waals surface area contributed by atoms with Gasteiger partial charge in [0.05, 0.1) is 11.9 Å². The van der Waals surface area contributed by atoms with Crippen LogP contribution in [-0.4, -0.2) is 31.2 Å². The summed E-state index contributed by atoms with van der Waals surface area (Å²) in [5.74, 6) is 1.64. The lowest BCUT2D eigenvalue weighted by Crippen LogP contribution is -2.76. The largest absolute Gasteiger partial charge is 0.438 e. The molecule has 1 aliphatic carbocycles. The van der Waals surface area contributed by atoms with Gasteiger partial charge in [0.15, 0.2) is 11.6 Å². The molecule has 6 rings (SSSR count). The molecule has 0 spiro atoms. The number of allylic oxidation sites excluding steroid dienone is 7. The molecule has 0 amide bonds. The minimum atomic E-state index is 0.748. The molecule has 0 saturated carbocycles. The van der Waals surface area contributed by atoms with E-state index in [-0.39, 0.29) is 0 Å². The lowest BCUT2D eigenvalue weighted by Gasteiger charge is -2.18. The summed E-state index contributed by atoms with van der Waals surface area (Å²) in [7, 11) is 5.14. The topological polar surface area (TPSA) is 89.0 Å². The highest BCUT2D eigenvalue weighted by Crippen LogP contribution is 2.40. The fraction of sp³-hybridized carbons (Fsp3) is 0.179. The van der Waals surface area contributed by atoms with Crippen molar-refractivity contribution in [2.45, 2.75) is 26.2 Å². The van der Waals surface area contributed by atoms with E-state index in [1.165, 1.54) is 44.3 Å². The van der Waals surface area contributed by atoms with Crippen LogP contribution in [0.4, 0.5) is 11.4 Å². The quantitative estimate of drug-likeness (QED) is 0.177. The van der Waals surface area contributed by atoms with Crippen molar-refractivity contribution in [3.63, 3.8) is 0 Å². The third-order valence-corrected chi connectivity index (χ3v) is 8.22. The Morgan fingerprint density at radius 2 is 1.60 bits per heavy atom. The van der Waals surface area contributed by atoms with Crippen LogP contribution in [-0.2, 0) is 0 Å². The number of likely N-dealkylation sites (N-methyl/N-ethyl adjacent to an activating group) is 1. The number of anilines is 1. The second-order valence-corrected chi connectivity index (χ2v) is 11.2. The van der Waals surface area contributed by atoms with Crippen molar-refractivity contribution >= 4 is 39.0 Å². The fourth-order valence-electron chi connectivity index (χ4n) is 5.94. The van der Waals surface area contributed by atoms with Gasteiger partial charge in [-0.05, 0) is 72.7 Å². The van der Waals surface area contributed by atoms with Crippen LogP contribution in [0.5, 0.6) is 5.75 Å². The Balaban J connectivity index is 0.00000196. The summed E-state index contributed by atoms with van der Waals surface area (Å²) in [5.41, 5.74) is 12.6. The van der Waals surface area contributed by atoms with E-state index in [1.807, 2.05) is 0 Å². The maximum Gasteiger partial charge on any atom is 0.198 e. The Hall–Kier alpha value is -4.88. The molecular formula is C39H44N4O2+2. The van der Waals surface area contributed by atoms with Crippen LogP contribution in [0, 0.1) is 0 Å². The van der Waals surface area contributed by atoms with Gasteiger partial charge in [0.1, 0.15) is 11.4 Å². The van der Waals surface area contributed by atoms with E-state index in [9.17, 15) is 0 Å². The van der Waals surface area contributed by atoms with E-state index in [1.54, 1.807) is 0 Å². The first-order chi connectivity index (χ1) is 22.0. The van der Waals surface area contributed by atoms with Gasteiger partial charge < -0.3 is 25.8 Å². The molecule has 0 unspecified atom stereocenters. The SMILES string of the molecule is C/C=C(\C=C/[NH2+]C1=C(/C=C/c2c([NH3+])ccc3ccccc23)CCC/C1=C\C=C1\Nc2ccc3ccccc3c2O1)N(C)C.CO. The number of aliphatic hydroxyl groups is 1. The number of hydrogen-bond donors (Lipinski definition) is 4. The normalized spacial score (nSPS) is 16.8. The molecule has 0 aromatic heterocycles. The summed E-state index contributed by atoms with van der Waals surface area (Å²) in [6, 6.07) is 25.4. The van der Waals surface area contributed by atoms with Gasteiger partial charge in [-0.15, -0.1) is 0 Å². The Kier molecular flexibility index (Phi) is 10.3. The molecule has 1 aliphatic heterocycles. The average Bonchev–Trinajstić information content (AvgIpc) is 3.50. The molecule has 6 heteroatoms. The molecule has 0 atom stereocenters. The molecule has 6 nitrogen and oxygen atoms in total. The number of aliphatic hydroxyl groups excluding tert-OH is 1. The predicted octanol–water partition coefficient (Wildman–Crippen LogP) is 6.74. The van der Waals surface area contributed by atoms with Crippen molar-refractivity contribution in [2.75, 3.05) is 26.5 Å². The maximum atomic E-state index is 7.00. The summed E-state index contributed by atoms with van der Waals surface area (Å²) >= 11 is 0. The minimum absolute atomic E-state index is 0.748. The zero-order valence-corrected chi connectivity index (χ0v) is 26.7. The molecular weight excluding hydrogens is 556 g/mol. The smallest absolute Gasteiger partial charge is 0.198 e. The van der Waals surface area contributed by atoms with Crippen molar-refractivity contribution in [3.05, 3.63) is 143 Å². The predicted molar refractivity (Wildman–Crippen MR) is 187 cm³/mol. The van der Waals surface area contributed by atoms with Gasteiger partial charge in [0, 0.05) is 61.1 Å². The van der Waals surface area contributed by atoms with Gasteiger partial charge in [0.25, 0.3) is 0 Å². The van der Waals surface area contributed by atoms with E-state index in [0.717, 1.165) is 54.8 Å². The summed E-state index contributed by atoms with van der Waals surface area (Å²) in [5, 5.41) is 17.5. The molecule has 0 saturated heterocycles. The van der Waals surface area contributed by atoms with Crippen LogP contribution in [0.25, 0.3) is 27.6 Å². The number of nitrogens with two attached hydrogens (primary N) is 1. The maximum absolute atomic E-state index is 7.00. The van der Waals surface area contributed by atoms with E-state index in [2.05, 4.69) is 158 Å². The van der Waals surface area contributed by atoms with Crippen LogP contribution in [0.15, 0.2) is 138 Å².